The fourth-order valence-corrected chi connectivity index (χ4v) is 3.17. The first kappa shape index (κ1) is 7.93. The highest BCUT2D eigenvalue weighted by Crippen LogP contribution is 2.27. The van der Waals surface area contributed by atoms with Gasteiger partial charge in [-0.3, -0.25) is 0 Å². The molecule has 2 fully saturated rings. The van der Waals surface area contributed by atoms with Crippen molar-refractivity contribution in [3.8, 4) is 0 Å². The summed E-state index contributed by atoms with van der Waals surface area (Å²) in [6.45, 7) is 2.37. The Kier molecular flexibility index (Phi) is 2.42. The van der Waals surface area contributed by atoms with Crippen molar-refractivity contribution in [1.29, 1.82) is 0 Å². The van der Waals surface area contributed by atoms with Crippen molar-refractivity contribution in [2.75, 3.05) is 11.5 Å². The van der Waals surface area contributed by atoms with E-state index in [0.29, 0.717) is 0 Å². The minimum Gasteiger partial charge on any atom is -0.310 e. The summed E-state index contributed by atoms with van der Waals surface area (Å²) in [7, 11) is 0. The molecule has 0 aromatic heterocycles. The monoisotopic (exact) mass is 171 g/mol. The summed E-state index contributed by atoms with van der Waals surface area (Å²) in [5, 5.41) is 3.74. The summed E-state index contributed by atoms with van der Waals surface area (Å²) in [6.07, 6.45) is 4.30. The SMILES string of the molecule is CC1CSCC1NC1CCC1. The predicted molar refractivity (Wildman–Crippen MR) is 51.1 cm³/mol. The van der Waals surface area contributed by atoms with E-state index in [1.54, 1.807) is 0 Å². The molecule has 2 rings (SSSR count). The Labute approximate surface area is 73.3 Å². The summed E-state index contributed by atoms with van der Waals surface area (Å²) in [6, 6.07) is 1.70. The van der Waals surface area contributed by atoms with Crippen LogP contribution in [0.3, 0.4) is 0 Å². The largest absolute Gasteiger partial charge is 0.310 e. The summed E-state index contributed by atoms with van der Waals surface area (Å²) in [5.74, 6) is 3.61. The van der Waals surface area contributed by atoms with Crippen LogP contribution >= 0.6 is 11.8 Å². The van der Waals surface area contributed by atoms with Gasteiger partial charge in [0.25, 0.3) is 0 Å². The minimum atomic E-state index is 0.824. The lowest BCUT2D eigenvalue weighted by Crippen LogP contribution is -2.45. The molecule has 64 valence electrons. The molecule has 0 bridgehead atoms. The Morgan fingerprint density at radius 1 is 1.27 bits per heavy atom. The van der Waals surface area contributed by atoms with Crippen molar-refractivity contribution in [1.82, 2.24) is 5.32 Å². The van der Waals surface area contributed by atoms with Gasteiger partial charge in [-0.05, 0) is 24.5 Å². The zero-order chi connectivity index (χ0) is 7.68. The third-order valence-corrected chi connectivity index (χ3v) is 4.28. The molecule has 2 atom stereocenters. The standard InChI is InChI=1S/C9H17NS/c1-7-5-11-6-9(7)10-8-3-2-4-8/h7-10H,2-6H2,1H3. The second-order valence-electron chi connectivity index (χ2n) is 3.92. The lowest BCUT2D eigenvalue weighted by molar-refractivity contribution is 0.290. The van der Waals surface area contributed by atoms with Crippen LogP contribution in [0.15, 0.2) is 0 Å². The van der Waals surface area contributed by atoms with E-state index < -0.39 is 0 Å². The maximum absolute atomic E-state index is 3.74. The smallest absolute Gasteiger partial charge is 0.0194 e. The molecule has 1 aliphatic heterocycles. The molecule has 2 heteroatoms. The molecular formula is C9H17NS. The van der Waals surface area contributed by atoms with Gasteiger partial charge in [0.05, 0.1) is 0 Å². The van der Waals surface area contributed by atoms with Gasteiger partial charge in [-0.25, -0.2) is 0 Å². The van der Waals surface area contributed by atoms with Crippen LogP contribution in [0, 0.1) is 5.92 Å². The first-order chi connectivity index (χ1) is 5.36. The van der Waals surface area contributed by atoms with Crippen LogP contribution in [0.5, 0.6) is 0 Å². The first-order valence-corrected chi connectivity index (χ1v) is 5.85. The van der Waals surface area contributed by atoms with Crippen molar-refractivity contribution in [3.05, 3.63) is 0 Å². The molecule has 0 spiro atoms. The van der Waals surface area contributed by atoms with Crippen molar-refractivity contribution in [2.45, 2.75) is 38.3 Å². The van der Waals surface area contributed by atoms with Gasteiger partial charge in [-0.1, -0.05) is 13.3 Å². The number of hydrogen-bond acceptors (Lipinski definition) is 2. The minimum absolute atomic E-state index is 0.824. The zero-order valence-electron chi connectivity index (χ0n) is 7.18. The summed E-state index contributed by atoms with van der Waals surface area (Å²) >= 11 is 2.10. The maximum Gasteiger partial charge on any atom is 0.0194 e. The molecule has 0 amide bonds. The molecule has 1 saturated heterocycles. The number of thioether (sulfide) groups is 1. The Bertz CT molecular complexity index is 134. The number of hydrogen-bond donors (Lipinski definition) is 1. The third kappa shape index (κ3) is 1.73. The van der Waals surface area contributed by atoms with Crippen LogP contribution in [-0.2, 0) is 0 Å². The van der Waals surface area contributed by atoms with Crippen LogP contribution in [0.1, 0.15) is 26.2 Å². The zero-order valence-corrected chi connectivity index (χ0v) is 7.99. The van der Waals surface area contributed by atoms with Crippen molar-refractivity contribution in [3.63, 3.8) is 0 Å². The summed E-state index contributed by atoms with van der Waals surface area (Å²) in [4.78, 5) is 0. The normalized spacial score (nSPS) is 39.0. The van der Waals surface area contributed by atoms with Crippen LogP contribution < -0.4 is 5.32 Å². The van der Waals surface area contributed by atoms with Gasteiger partial charge in [0.1, 0.15) is 0 Å². The molecule has 0 aromatic carbocycles. The molecule has 0 radical (unpaired) electrons. The van der Waals surface area contributed by atoms with E-state index >= 15 is 0 Å². The first-order valence-electron chi connectivity index (χ1n) is 4.70. The van der Waals surface area contributed by atoms with Crippen LogP contribution in [0.25, 0.3) is 0 Å². The Morgan fingerprint density at radius 3 is 2.55 bits per heavy atom. The highest BCUT2D eigenvalue weighted by Gasteiger charge is 2.27. The van der Waals surface area contributed by atoms with E-state index in [1.807, 2.05) is 0 Å². The fraction of sp³-hybridized carbons (Fsp3) is 1.00. The van der Waals surface area contributed by atoms with E-state index in [-0.39, 0.29) is 0 Å². The molecule has 11 heavy (non-hydrogen) atoms. The lowest BCUT2D eigenvalue weighted by Gasteiger charge is -2.31. The van der Waals surface area contributed by atoms with E-state index in [9.17, 15) is 0 Å². The van der Waals surface area contributed by atoms with Gasteiger partial charge in [-0.15, -0.1) is 0 Å². The van der Waals surface area contributed by atoms with E-state index in [4.69, 9.17) is 0 Å². The molecule has 2 aliphatic rings. The quantitative estimate of drug-likeness (QED) is 0.681. The fourth-order valence-electron chi connectivity index (χ4n) is 1.75. The molecule has 1 aliphatic carbocycles. The maximum atomic E-state index is 3.74. The highest BCUT2D eigenvalue weighted by molar-refractivity contribution is 7.99. The Hall–Kier alpha value is 0.310. The van der Waals surface area contributed by atoms with Crippen LogP contribution in [-0.4, -0.2) is 23.6 Å². The van der Waals surface area contributed by atoms with Gasteiger partial charge in [0.15, 0.2) is 0 Å². The number of nitrogens with one attached hydrogen (secondary N) is 1. The second kappa shape index (κ2) is 3.36. The molecule has 1 heterocycles. The topological polar surface area (TPSA) is 12.0 Å². The molecule has 1 N–H and O–H groups in total. The number of rotatable bonds is 2. The van der Waals surface area contributed by atoms with Gasteiger partial charge >= 0.3 is 0 Å². The van der Waals surface area contributed by atoms with E-state index in [0.717, 1.165) is 18.0 Å². The molecule has 1 saturated carbocycles. The highest BCUT2D eigenvalue weighted by atomic mass is 32.2. The lowest BCUT2D eigenvalue weighted by atomic mass is 9.91. The van der Waals surface area contributed by atoms with Crippen molar-refractivity contribution >= 4 is 11.8 Å². The second-order valence-corrected chi connectivity index (χ2v) is 4.99. The van der Waals surface area contributed by atoms with Crippen LogP contribution in [0.4, 0.5) is 0 Å². The molecule has 2 unspecified atom stereocenters. The average Bonchev–Trinajstić information content (AvgIpc) is 2.27. The Balaban J connectivity index is 1.75. The van der Waals surface area contributed by atoms with Gasteiger partial charge in [0, 0.05) is 17.8 Å². The predicted octanol–water partition coefficient (Wildman–Crippen LogP) is 1.88. The molecular weight excluding hydrogens is 154 g/mol. The van der Waals surface area contributed by atoms with E-state index in [1.165, 1.54) is 30.8 Å². The summed E-state index contributed by atoms with van der Waals surface area (Å²) in [5.41, 5.74) is 0. The molecule has 1 nitrogen and oxygen atoms in total. The van der Waals surface area contributed by atoms with Gasteiger partial charge < -0.3 is 5.32 Å². The van der Waals surface area contributed by atoms with E-state index in [2.05, 4.69) is 24.0 Å². The van der Waals surface area contributed by atoms with Crippen molar-refractivity contribution in [2.24, 2.45) is 5.92 Å². The molecule has 0 aromatic rings. The third-order valence-electron chi connectivity index (χ3n) is 2.92. The van der Waals surface area contributed by atoms with Gasteiger partial charge in [0.2, 0.25) is 0 Å². The average molecular weight is 171 g/mol. The van der Waals surface area contributed by atoms with Crippen LogP contribution in [0.2, 0.25) is 0 Å². The Morgan fingerprint density at radius 2 is 2.09 bits per heavy atom. The van der Waals surface area contributed by atoms with Gasteiger partial charge in [-0.2, -0.15) is 11.8 Å². The van der Waals surface area contributed by atoms with Crippen molar-refractivity contribution < 1.29 is 0 Å². The summed E-state index contributed by atoms with van der Waals surface area (Å²) < 4.78 is 0.